The van der Waals surface area contributed by atoms with Crippen LogP contribution in [0.5, 0.6) is 0 Å². The Hall–Kier alpha value is -0.910. The van der Waals surface area contributed by atoms with E-state index in [1.807, 2.05) is 30.3 Å². The summed E-state index contributed by atoms with van der Waals surface area (Å²) >= 11 is 0. The van der Waals surface area contributed by atoms with E-state index in [1.165, 1.54) is 4.31 Å². The molecule has 0 unspecified atom stereocenters. The van der Waals surface area contributed by atoms with Crippen LogP contribution in [0.4, 0.5) is 0 Å². The van der Waals surface area contributed by atoms with Gasteiger partial charge in [-0.15, -0.1) is 0 Å². The largest absolute Gasteiger partial charge is 0.279 e. The zero-order valence-corrected chi connectivity index (χ0v) is 8.50. The van der Waals surface area contributed by atoms with Gasteiger partial charge in [0.25, 0.3) is 10.2 Å². The van der Waals surface area contributed by atoms with Crippen molar-refractivity contribution < 1.29 is 8.42 Å². The van der Waals surface area contributed by atoms with Gasteiger partial charge in [-0.2, -0.15) is 17.4 Å². The molecular formula is C9H12N2O2S. The second kappa shape index (κ2) is 3.68. The van der Waals surface area contributed by atoms with Crippen LogP contribution in [0.25, 0.3) is 0 Å². The molecule has 1 aliphatic heterocycles. The smallest absolute Gasteiger partial charge is 0.198 e. The van der Waals surface area contributed by atoms with Gasteiger partial charge in [0.2, 0.25) is 0 Å². The van der Waals surface area contributed by atoms with Crippen LogP contribution >= 0.6 is 0 Å². The molecule has 1 saturated heterocycles. The summed E-state index contributed by atoms with van der Waals surface area (Å²) in [6, 6.07) is 9.47. The standard InChI is InChI=1S/C9H12N2O2S/c12-14(13,11-6-7-11)10-8-9-4-2-1-3-5-9/h1-5,10H,6-8H2. The molecule has 0 amide bonds. The third-order valence-electron chi connectivity index (χ3n) is 2.05. The van der Waals surface area contributed by atoms with Crippen molar-refractivity contribution in [3.05, 3.63) is 35.9 Å². The molecule has 1 fully saturated rings. The number of benzene rings is 1. The lowest BCUT2D eigenvalue weighted by Crippen LogP contribution is -2.29. The Morgan fingerprint density at radius 2 is 1.86 bits per heavy atom. The van der Waals surface area contributed by atoms with E-state index in [0.29, 0.717) is 19.6 Å². The summed E-state index contributed by atoms with van der Waals surface area (Å²) in [7, 11) is -3.20. The van der Waals surface area contributed by atoms with E-state index in [0.717, 1.165) is 5.56 Å². The van der Waals surface area contributed by atoms with Crippen LogP contribution in [0.15, 0.2) is 30.3 Å². The summed E-state index contributed by atoms with van der Waals surface area (Å²) in [6.45, 7) is 1.65. The van der Waals surface area contributed by atoms with Gasteiger partial charge < -0.3 is 0 Å². The van der Waals surface area contributed by atoms with Crippen LogP contribution in [0.1, 0.15) is 5.56 Å². The second-order valence-electron chi connectivity index (χ2n) is 3.21. The fourth-order valence-electron chi connectivity index (χ4n) is 1.14. The molecule has 1 aromatic carbocycles. The average Bonchev–Trinajstić information content (AvgIpc) is 3.00. The van der Waals surface area contributed by atoms with Gasteiger partial charge in [0.15, 0.2) is 0 Å². The van der Waals surface area contributed by atoms with Gasteiger partial charge in [-0.25, -0.2) is 0 Å². The lowest BCUT2D eigenvalue weighted by Gasteiger charge is -2.05. The van der Waals surface area contributed by atoms with Crippen LogP contribution in [-0.2, 0) is 16.8 Å². The lowest BCUT2D eigenvalue weighted by molar-refractivity contribution is 0.547. The highest BCUT2D eigenvalue weighted by molar-refractivity contribution is 7.87. The fourth-order valence-corrected chi connectivity index (χ4v) is 2.24. The van der Waals surface area contributed by atoms with E-state index in [1.54, 1.807) is 0 Å². The van der Waals surface area contributed by atoms with Gasteiger partial charge in [-0.1, -0.05) is 30.3 Å². The highest BCUT2D eigenvalue weighted by Crippen LogP contribution is 2.10. The Labute approximate surface area is 83.7 Å². The third-order valence-corrected chi connectivity index (χ3v) is 3.60. The minimum atomic E-state index is -3.20. The number of rotatable bonds is 4. The molecule has 2 rings (SSSR count). The van der Waals surface area contributed by atoms with E-state index in [9.17, 15) is 8.42 Å². The van der Waals surface area contributed by atoms with Gasteiger partial charge >= 0.3 is 0 Å². The quantitative estimate of drug-likeness (QED) is 0.731. The predicted octanol–water partition coefficient (Wildman–Crippen LogP) is 0.337. The zero-order chi connectivity index (χ0) is 10.0. The number of hydrogen-bond acceptors (Lipinski definition) is 2. The molecule has 0 atom stereocenters. The molecule has 0 aliphatic carbocycles. The summed E-state index contributed by atoms with van der Waals surface area (Å²) in [5, 5.41) is 0. The first-order valence-electron chi connectivity index (χ1n) is 4.47. The van der Waals surface area contributed by atoms with Crippen molar-refractivity contribution in [2.75, 3.05) is 13.1 Å². The zero-order valence-electron chi connectivity index (χ0n) is 7.68. The van der Waals surface area contributed by atoms with E-state index in [2.05, 4.69) is 4.72 Å². The SMILES string of the molecule is O=S(=O)(NCc1ccccc1)N1CC1. The first-order valence-corrected chi connectivity index (χ1v) is 5.91. The first kappa shape index (κ1) is 9.64. The van der Waals surface area contributed by atoms with Crippen molar-refractivity contribution in [1.29, 1.82) is 0 Å². The predicted molar refractivity (Wildman–Crippen MR) is 53.8 cm³/mol. The Kier molecular flexibility index (Phi) is 2.54. The highest BCUT2D eigenvalue weighted by atomic mass is 32.2. The molecule has 0 spiro atoms. The maximum atomic E-state index is 11.4. The van der Waals surface area contributed by atoms with Crippen molar-refractivity contribution in [3.63, 3.8) is 0 Å². The van der Waals surface area contributed by atoms with Gasteiger partial charge in [0, 0.05) is 19.6 Å². The summed E-state index contributed by atoms with van der Waals surface area (Å²) in [6.07, 6.45) is 0. The van der Waals surface area contributed by atoms with Gasteiger partial charge in [-0.3, -0.25) is 0 Å². The molecule has 0 bridgehead atoms. The molecule has 0 radical (unpaired) electrons. The summed E-state index contributed by atoms with van der Waals surface area (Å²) in [5.41, 5.74) is 0.970. The highest BCUT2D eigenvalue weighted by Gasteiger charge is 2.30. The minimum absolute atomic E-state index is 0.361. The van der Waals surface area contributed by atoms with Gasteiger partial charge in [0.1, 0.15) is 0 Å². The number of hydrogen-bond donors (Lipinski definition) is 1. The molecule has 1 aromatic rings. The number of nitrogens with one attached hydrogen (secondary N) is 1. The van der Waals surface area contributed by atoms with Gasteiger partial charge in [-0.05, 0) is 5.56 Å². The Bertz CT molecular complexity index is 398. The third kappa shape index (κ3) is 2.31. The van der Waals surface area contributed by atoms with Crippen LogP contribution < -0.4 is 4.72 Å². The molecule has 76 valence electrons. The average molecular weight is 212 g/mol. The second-order valence-corrected chi connectivity index (χ2v) is 4.97. The van der Waals surface area contributed by atoms with Gasteiger partial charge in [0.05, 0.1) is 0 Å². The van der Waals surface area contributed by atoms with Crippen LogP contribution in [0.2, 0.25) is 0 Å². The molecule has 1 N–H and O–H groups in total. The maximum Gasteiger partial charge on any atom is 0.279 e. The van der Waals surface area contributed by atoms with Crippen molar-refractivity contribution in [1.82, 2.24) is 9.03 Å². The van der Waals surface area contributed by atoms with Crippen molar-refractivity contribution >= 4 is 10.2 Å². The van der Waals surface area contributed by atoms with E-state index in [-0.39, 0.29) is 0 Å². The summed E-state index contributed by atoms with van der Waals surface area (Å²) in [4.78, 5) is 0. The van der Waals surface area contributed by atoms with E-state index < -0.39 is 10.2 Å². The Morgan fingerprint density at radius 3 is 2.43 bits per heavy atom. The molecule has 14 heavy (non-hydrogen) atoms. The molecule has 4 nitrogen and oxygen atoms in total. The molecule has 1 aliphatic rings. The lowest BCUT2D eigenvalue weighted by atomic mass is 10.2. The van der Waals surface area contributed by atoms with Crippen molar-refractivity contribution in [2.24, 2.45) is 0 Å². The minimum Gasteiger partial charge on any atom is -0.198 e. The van der Waals surface area contributed by atoms with Crippen LogP contribution in [0, 0.1) is 0 Å². The topological polar surface area (TPSA) is 49.2 Å². The molecule has 0 saturated carbocycles. The monoisotopic (exact) mass is 212 g/mol. The normalized spacial score (nSPS) is 16.9. The summed E-state index contributed by atoms with van der Waals surface area (Å²) in [5.74, 6) is 0. The van der Waals surface area contributed by atoms with Crippen molar-refractivity contribution in [2.45, 2.75) is 6.54 Å². The maximum absolute atomic E-state index is 11.4. The van der Waals surface area contributed by atoms with Crippen LogP contribution in [-0.4, -0.2) is 25.8 Å². The molecule has 5 heteroatoms. The molecule has 0 aromatic heterocycles. The first-order chi connectivity index (χ1) is 6.68. The fraction of sp³-hybridized carbons (Fsp3) is 0.333. The van der Waals surface area contributed by atoms with Crippen LogP contribution in [0.3, 0.4) is 0 Å². The van der Waals surface area contributed by atoms with Crippen molar-refractivity contribution in [3.8, 4) is 0 Å². The summed E-state index contributed by atoms with van der Waals surface area (Å²) < 4.78 is 26.7. The van der Waals surface area contributed by atoms with E-state index in [4.69, 9.17) is 0 Å². The molecular weight excluding hydrogens is 200 g/mol. The van der Waals surface area contributed by atoms with E-state index >= 15 is 0 Å². The Balaban J connectivity index is 1.94. The Morgan fingerprint density at radius 1 is 1.21 bits per heavy atom. The molecule has 1 heterocycles. The number of nitrogens with zero attached hydrogens (tertiary/aromatic N) is 1.